The monoisotopic (exact) mass is 224 g/mol. The van der Waals surface area contributed by atoms with Crippen molar-refractivity contribution < 1.29 is 5.11 Å². The third-order valence-electron chi connectivity index (χ3n) is 2.76. The fraction of sp³-hybridized carbons (Fsp3) is 0.692. The molecule has 1 heterocycles. The van der Waals surface area contributed by atoms with E-state index in [1.807, 2.05) is 25.4 Å². The van der Waals surface area contributed by atoms with Crippen LogP contribution in [0.2, 0.25) is 0 Å². The van der Waals surface area contributed by atoms with E-state index in [9.17, 15) is 5.11 Å². The van der Waals surface area contributed by atoms with Crippen LogP contribution >= 0.6 is 0 Å². The minimum absolute atomic E-state index is 0.597. The van der Waals surface area contributed by atoms with Crippen molar-refractivity contribution in [3.8, 4) is 0 Å². The zero-order valence-corrected chi connectivity index (χ0v) is 10.6. The van der Waals surface area contributed by atoms with Gasteiger partial charge in [-0.3, -0.25) is 0 Å². The summed E-state index contributed by atoms with van der Waals surface area (Å²) in [4.78, 5) is 3.01. The van der Waals surface area contributed by atoms with Crippen molar-refractivity contribution in [1.29, 1.82) is 0 Å². The lowest BCUT2D eigenvalue weighted by Crippen LogP contribution is -2.37. The molecular formula is C13H24N2O. The number of aliphatic hydroxyl groups is 1. The molecule has 0 fully saturated rings. The van der Waals surface area contributed by atoms with E-state index in [4.69, 9.17) is 0 Å². The van der Waals surface area contributed by atoms with Crippen LogP contribution in [-0.4, -0.2) is 22.2 Å². The minimum Gasteiger partial charge on any atom is -0.389 e. The topological polar surface area (TPSA) is 48.0 Å². The summed E-state index contributed by atoms with van der Waals surface area (Å²) in [6.45, 7) is 7.72. The van der Waals surface area contributed by atoms with E-state index < -0.39 is 5.60 Å². The van der Waals surface area contributed by atoms with Gasteiger partial charge < -0.3 is 15.4 Å². The summed E-state index contributed by atoms with van der Waals surface area (Å²) >= 11 is 0. The Kier molecular flexibility index (Phi) is 5.03. The summed E-state index contributed by atoms with van der Waals surface area (Å²) in [5, 5.41) is 13.4. The molecule has 0 saturated carbocycles. The van der Waals surface area contributed by atoms with Gasteiger partial charge in [0.2, 0.25) is 0 Å². The lowest BCUT2D eigenvalue weighted by molar-refractivity contribution is 0.0451. The summed E-state index contributed by atoms with van der Waals surface area (Å²) in [6.07, 6.45) is 5.80. The van der Waals surface area contributed by atoms with Crippen LogP contribution in [0.15, 0.2) is 18.5 Å². The number of hydrogen-bond acceptors (Lipinski definition) is 2. The normalized spacial score (nSPS) is 15.3. The van der Waals surface area contributed by atoms with Crippen molar-refractivity contribution in [3.05, 3.63) is 24.0 Å². The highest BCUT2D eigenvalue weighted by molar-refractivity contribution is 5.07. The molecule has 0 spiro atoms. The Bertz CT molecular complexity index is 278. The lowest BCUT2D eigenvalue weighted by atomic mass is 9.95. The fourth-order valence-electron chi connectivity index (χ4n) is 1.63. The van der Waals surface area contributed by atoms with Gasteiger partial charge in [-0.05, 0) is 37.3 Å². The van der Waals surface area contributed by atoms with Gasteiger partial charge in [-0.15, -0.1) is 0 Å². The quantitative estimate of drug-likeness (QED) is 0.665. The van der Waals surface area contributed by atoms with Crippen LogP contribution in [0.4, 0.5) is 0 Å². The Labute approximate surface area is 98.3 Å². The summed E-state index contributed by atoms with van der Waals surface area (Å²) in [5.74, 6) is 0.649. The van der Waals surface area contributed by atoms with Crippen molar-refractivity contribution in [2.45, 2.75) is 45.8 Å². The molecule has 1 unspecified atom stereocenters. The number of nitrogens with one attached hydrogen (secondary N) is 2. The molecule has 1 rings (SSSR count). The summed E-state index contributed by atoms with van der Waals surface area (Å²) in [6, 6.07) is 2.04. The Balaban J connectivity index is 2.20. The summed E-state index contributed by atoms with van der Waals surface area (Å²) in [5.41, 5.74) is 0.625. The standard InChI is InChI=1S/C13H24N2O/c1-11(2)4-6-13(3,16)10-15-9-12-5-7-14-8-12/h5,7-8,11,14-16H,4,6,9-10H2,1-3H3. The van der Waals surface area contributed by atoms with Crippen molar-refractivity contribution in [2.75, 3.05) is 6.54 Å². The van der Waals surface area contributed by atoms with Gasteiger partial charge in [0.05, 0.1) is 5.60 Å². The molecule has 0 aliphatic rings. The largest absolute Gasteiger partial charge is 0.389 e. The maximum absolute atomic E-state index is 10.1. The zero-order valence-electron chi connectivity index (χ0n) is 10.6. The van der Waals surface area contributed by atoms with Crippen molar-refractivity contribution in [3.63, 3.8) is 0 Å². The minimum atomic E-state index is -0.597. The number of hydrogen-bond donors (Lipinski definition) is 3. The Hall–Kier alpha value is -0.800. The van der Waals surface area contributed by atoms with Crippen molar-refractivity contribution in [2.24, 2.45) is 5.92 Å². The van der Waals surface area contributed by atoms with Gasteiger partial charge >= 0.3 is 0 Å². The highest BCUT2D eigenvalue weighted by atomic mass is 16.3. The molecule has 0 aliphatic carbocycles. The molecule has 3 heteroatoms. The third kappa shape index (κ3) is 5.33. The molecule has 3 N–H and O–H groups in total. The Morgan fingerprint density at radius 3 is 2.81 bits per heavy atom. The Morgan fingerprint density at radius 2 is 2.25 bits per heavy atom. The average Bonchev–Trinajstić information content (AvgIpc) is 2.68. The van der Waals surface area contributed by atoms with E-state index >= 15 is 0 Å². The van der Waals surface area contributed by atoms with Crippen molar-refractivity contribution >= 4 is 0 Å². The fourth-order valence-corrected chi connectivity index (χ4v) is 1.63. The van der Waals surface area contributed by atoms with Crippen LogP contribution in [0.3, 0.4) is 0 Å². The zero-order chi connectivity index (χ0) is 12.0. The van der Waals surface area contributed by atoms with Gasteiger partial charge in [-0.2, -0.15) is 0 Å². The SMILES string of the molecule is CC(C)CCC(C)(O)CNCc1cc[nH]c1. The van der Waals surface area contributed by atoms with E-state index in [0.717, 1.165) is 19.4 Å². The second-order valence-corrected chi connectivity index (χ2v) is 5.25. The third-order valence-corrected chi connectivity index (χ3v) is 2.76. The van der Waals surface area contributed by atoms with Crippen LogP contribution in [-0.2, 0) is 6.54 Å². The molecule has 1 aromatic rings. The molecule has 0 bridgehead atoms. The van der Waals surface area contributed by atoms with Crippen LogP contribution in [0, 0.1) is 5.92 Å². The van der Waals surface area contributed by atoms with Crippen LogP contribution in [0.1, 0.15) is 39.2 Å². The van der Waals surface area contributed by atoms with E-state index in [0.29, 0.717) is 12.5 Å². The first-order chi connectivity index (χ1) is 7.49. The highest BCUT2D eigenvalue weighted by Gasteiger charge is 2.19. The van der Waals surface area contributed by atoms with Gasteiger partial charge in [0, 0.05) is 25.5 Å². The van der Waals surface area contributed by atoms with Gasteiger partial charge in [-0.25, -0.2) is 0 Å². The van der Waals surface area contributed by atoms with Crippen molar-refractivity contribution in [1.82, 2.24) is 10.3 Å². The second-order valence-electron chi connectivity index (χ2n) is 5.25. The van der Waals surface area contributed by atoms with Crippen LogP contribution in [0.25, 0.3) is 0 Å². The number of rotatable bonds is 7. The van der Waals surface area contributed by atoms with E-state index in [1.54, 1.807) is 0 Å². The molecule has 1 atom stereocenters. The molecule has 16 heavy (non-hydrogen) atoms. The number of H-pyrrole nitrogens is 1. The lowest BCUT2D eigenvalue weighted by Gasteiger charge is -2.24. The predicted molar refractivity (Wildman–Crippen MR) is 67.2 cm³/mol. The first kappa shape index (κ1) is 13.3. The van der Waals surface area contributed by atoms with Gasteiger partial charge in [0.1, 0.15) is 0 Å². The van der Waals surface area contributed by atoms with Gasteiger partial charge in [0.15, 0.2) is 0 Å². The van der Waals surface area contributed by atoms with E-state index in [2.05, 4.69) is 24.1 Å². The molecule has 0 radical (unpaired) electrons. The molecular weight excluding hydrogens is 200 g/mol. The molecule has 0 amide bonds. The molecule has 92 valence electrons. The van der Waals surface area contributed by atoms with E-state index in [1.165, 1.54) is 5.56 Å². The summed E-state index contributed by atoms with van der Waals surface area (Å²) in [7, 11) is 0. The highest BCUT2D eigenvalue weighted by Crippen LogP contribution is 2.15. The average molecular weight is 224 g/mol. The smallest absolute Gasteiger partial charge is 0.0743 e. The molecule has 0 aromatic carbocycles. The molecule has 1 aromatic heterocycles. The molecule has 0 saturated heterocycles. The predicted octanol–water partition coefficient (Wildman–Crippen LogP) is 2.29. The maximum atomic E-state index is 10.1. The number of aromatic amines is 1. The van der Waals surface area contributed by atoms with Crippen LogP contribution < -0.4 is 5.32 Å². The summed E-state index contributed by atoms with van der Waals surface area (Å²) < 4.78 is 0. The molecule has 0 aliphatic heterocycles. The first-order valence-corrected chi connectivity index (χ1v) is 6.04. The maximum Gasteiger partial charge on any atom is 0.0743 e. The number of aromatic nitrogens is 1. The second kappa shape index (κ2) is 6.06. The van der Waals surface area contributed by atoms with Crippen LogP contribution in [0.5, 0.6) is 0 Å². The van der Waals surface area contributed by atoms with Gasteiger partial charge in [0.25, 0.3) is 0 Å². The molecule has 3 nitrogen and oxygen atoms in total. The van der Waals surface area contributed by atoms with Gasteiger partial charge in [-0.1, -0.05) is 13.8 Å². The first-order valence-electron chi connectivity index (χ1n) is 6.04. The Morgan fingerprint density at radius 1 is 1.50 bits per heavy atom. The van der Waals surface area contributed by atoms with E-state index in [-0.39, 0.29) is 0 Å².